The number of aldehydes is 1. The predicted octanol–water partition coefficient (Wildman–Crippen LogP) is 2.30. The molecule has 2 rings (SSSR count). The van der Waals surface area contributed by atoms with Crippen molar-refractivity contribution in [2.24, 2.45) is 0 Å². The summed E-state index contributed by atoms with van der Waals surface area (Å²) in [6.45, 7) is 0. The molecule has 2 heterocycles. The van der Waals surface area contributed by atoms with E-state index in [0.29, 0.717) is 5.56 Å². The van der Waals surface area contributed by atoms with Gasteiger partial charge in [-0.05, 0) is 12.1 Å². The zero-order chi connectivity index (χ0) is 12.5. The van der Waals surface area contributed by atoms with Gasteiger partial charge in [0, 0.05) is 18.0 Å². The van der Waals surface area contributed by atoms with Crippen molar-refractivity contribution < 1.29 is 18.0 Å². The molecule has 0 aliphatic heterocycles. The van der Waals surface area contributed by atoms with Crippen LogP contribution in [0.15, 0.2) is 24.5 Å². The van der Waals surface area contributed by atoms with Crippen molar-refractivity contribution in [1.29, 1.82) is 0 Å². The second-order valence-corrected chi connectivity index (χ2v) is 3.21. The summed E-state index contributed by atoms with van der Waals surface area (Å²) in [7, 11) is 0. The van der Waals surface area contributed by atoms with Gasteiger partial charge in [-0.1, -0.05) is 0 Å². The van der Waals surface area contributed by atoms with E-state index in [0.717, 1.165) is 0 Å². The summed E-state index contributed by atoms with van der Waals surface area (Å²) in [4.78, 5) is 14.5. The third-order valence-corrected chi connectivity index (χ3v) is 2.16. The van der Waals surface area contributed by atoms with Gasteiger partial charge in [-0.15, -0.1) is 0 Å². The number of aromatic amines is 1. The van der Waals surface area contributed by atoms with Gasteiger partial charge in [0.1, 0.15) is 5.69 Å². The maximum absolute atomic E-state index is 12.5. The van der Waals surface area contributed by atoms with E-state index in [-0.39, 0.29) is 12.0 Å². The Balaban J connectivity index is 2.58. The summed E-state index contributed by atoms with van der Waals surface area (Å²) in [5, 5.41) is 5.36. The van der Waals surface area contributed by atoms with Crippen molar-refractivity contribution in [3.05, 3.63) is 35.8 Å². The van der Waals surface area contributed by atoms with Gasteiger partial charge in [-0.3, -0.25) is 14.9 Å². The lowest BCUT2D eigenvalue weighted by atomic mass is 10.1. The molecular weight excluding hydrogens is 235 g/mol. The highest BCUT2D eigenvalue weighted by molar-refractivity contribution is 5.87. The van der Waals surface area contributed by atoms with Crippen LogP contribution in [0.1, 0.15) is 16.1 Å². The summed E-state index contributed by atoms with van der Waals surface area (Å²) in [5.74, 6) is 0. The molecule has 2 aromatic rings. The number of hydrogen-bond donors (Lipinski definition) is 1. The molecule has 0 atom stereocenters. The number of pyridine rings is 1. The van der Waals surface area contributed by atoms with Crippen molar-refractivity contribution in [2.75, 3.05) is 0 Å². The molecule has 0 radical (unpaired) electrons. The molecule has 0 aromatic carbocycles. The molecule has 0 bridgehead atoms. The number of rotatable bonds is 2. The average Bonchev–Trinajstić information content (AvgIpc) is 2.73. The topological polar surface area (TPSA) is 58.6 Å². The van der Waals surface area contributed by atoms with E-state index in [1.807, 2.05) is 5.10 Å². The van der Waals surface area contributed by atoms with Gasteiger partial charge in [-0.2, -0.15) is 18.3 Å². The molecular formula is C10H6F3N3O. The Morgan fingerprint density at radius 2 is 1.88 bits per heavy atom. The lowest BCUT2D eigenvalue weighted by Crippen LogP contribution is -2.08. The Morgan fingerprint density at radius 1 is 1.24 bits per heavy atom. The van der Waals surface area contributed by atoms with E-state index in [9.17, 15) is 18.0 Å². The molecule has 0 amide bonds. The highest BCUT2D eigenvalue weighted by Gasteiger charge is 2.37. The number of nitrogens with zero attached hydrogens (tertiary/aromatic N) is 2. The normalized spacial score (nSPS) is 11.5. The Morgan fingerprint density at radius 3 is 2.41 bits per heavy atom. The van der Waals surface area contributed by atoms with E-state index in [1.165, 1.54) is 24.5 Å². The second kappa shape index (κ2) is 4.00. The van der Waals surface area contributed by atoms with Crippen LogP contribution in [0.5, 0.6) is 0 Å². The molecule has 1 N–H and O–H groups in total. The third-order valence-electron chi connectivity index (χ3n) is 2.16. The molecule has 0 aliphatic carbocycles. The molecule has 88 valence electrons. The lowest BCUT2D eigenvalue weighted by molar-refractivity contribution is -0.141. The van der Waals surface area contributed by atoms with Gasteiger partial charge in [0.05, 0.1) is 5.56 Å². The highest BCUT2D eigenvalue weighted by Crippen LogP contribution is 2.33. The van der Waals surface area contributed by atoms with Gasteiger partial charge < -0.3 is 0 Å². The molecule has 0 saturated heterocycles. The number of alkyl halides is 3. The molecule has 4 nitrogen and oxygen atoms in total. The quantitative estimate of drug-likeness (QED) is 0.820. The van der Waals surface area contributed by atoms with Crippen LogP contribution in [0.2, 0.25) is 0 Å². The van der Waals surface area contributed by atoms with Crippen LogP contribution in [0, 0.1) is 0 Å². The number of carbonyl (C=O) groups excluding carboxylic acids is 1. The fourth-order valence-corrected chi connectivity index (χ4v) is 1.41. The summed E-state index contributed by atoms with van der Waals surface area (Å²) in [5.41, 5.74) is -1.27. The van der Waals surface area contributed by atoms with E-state index in [2.05, 4.69) is 10.1 Å². The minimum absolute atomic E-state index is 0.0327. The first-order valence-electron chi connectivity index (χ1n) is 4.55. The van der Waals surface area contributed by atoms with E-state index < -0.39 is 17.4 Å². The van der Waals surface area contributed by atoms with E-state index >= 15 is 0 Å². The van der Waals surface area contributed by atoms with Crippen molar-refractivity contribution in [3.63, 3.8) is 0 Å². The number of halogens is 3. The van der Waals surface area contributed by atoms with Crippen molar-refractivity contribution in [1.82, 2.24) is 15.2 Å². The fraction of sp³-hybridized carbons (Fsp3) is 0.100. The molecule has 0 aliphatic rings. The van der Waals surface area contributed by atoms with Gasteiger partial charge >= 0.3 is 6.18 Å². The Kier molecular flexibility index (Phi) is 2.66. The first-order chi connectivity index (χ1) is 8.04. The van der Waals surface area contributed by atoms with Crippen LogP contribution in [-0.4, -0.2) is 21.5 Å². The van der Waals surface area contributed by atoms with E-state index in [1.54, 1.807) is 0 Å². The summed E-state index contributed by atoms with van der Waals surface area (Å²) < 4.78 is 37.6. The maximum Gasteiger partial charge on any atom is 0.433 e. The average molecular weight is 241 g/mol. The van der Waals surface area contributed by atoms with Gasteiger partial charge in [0.2, 0.25) is 0 Å². The first-order valence-corrected chi connectivity index (χ1v) is 4.55. The van der Waals surface area contributed by atoms with Crippen molar-refractivity contribution >= 4 is 6.29 Å². The minimum Gasteiger partial charge on any atom is -0.298 e. The van der Waals surface area contributed by atoms with E-state index in [4.69, 9.17) is 0 Å². The number of aromatic nitrogens is 3. The zero-order valence-electron chi connectivity index (χ0n) is 8.32. The SMILES string of the molecule is O=Cc1c(-c2ccncc2)n[nH]c1C(F)(F)F. The van der Waals surface area contributed by atoms with Crippen LogP contribution in [0.4, 0.5) is 13.2 Å². The third kappa shape index (κ3) is 2.03. The molecule has 0 saturated carbocycles. The summed E-state index contributed by atoms with van der Waals surface area (Å²) in [6, 6.07) is 2.95. The van der Waals surface area contributed by atoms with Crippen LogP contribution in [-0.2, 0) is 6.18 Å². The lowest BCUT2D eigenvalue weighted by Gasteiger charge is -2.03. The molecule has 0 fully saturated rings. The largest absolute Gasteiger partial charge is 0.433 e. The second-order valence-electron chi connectivity index (χ2n) is 3.21. The number of nitrogens with one attached hydrogen (secondary N) is 1. The molecule has 0 unspecified atom stereocenters. The molecule has 0 spiro atoms. The van der Waals surface area contributed by atoms with Crippen LogP contribution < -0.4 is 0 Å². The van der Waals surface area contributed by atoms with Crippen molar-refractivity contribution in [2.45, 2.75) is 6.18 Å². The van der Waals surface area contributed by atoms with Crippen molar-refractivity contribution in [3.8, 4) is 11.3 Å². The molecule has 2 aromatic heterocycles. The maximum atomic E-state index is 12.5. The Hall–Kier alpha value is -2.18. The van der Waals surface area contributed by atoms with Crippen LogP contribution >= 0.6 is 0 Å². The minimum atomic E-state index is -4.63. The van der Waals surface area contributed by atoms with Gasteiger partial charge in [0.15, 0.2) is 12.0 Å². The molecule has 7 heteroatoms. The smallest absolute Gasteiger partial charge is 0.298 e. The first kappa shape index (κ1) is 11.3. The predicted molar refractivity (Wildman–Crippen MR) is 52.2 cm³/mol. The standard InChI is InChI=1S/C10H6F3N3O/c11-10(12,13)9-7(5-17)8(15-16-9)6-1-3-14-4-2-6/h1-5H,(H,15,16). The Labute approximate surface area is 93.5 Å². The fourth-order valence-electron chi connectivity index (χ4n) is 1.41. The Bertz CT molecular complexity index is 533. The number of hydrogen-bond acceptors (Lipinski definition) is 3. The highest BCUT2D eigenvalue weighted by atomic mass is 19.4. The number of carbonyl (C=O) groups is 1. The zero-order valence-corrected chi connectivity index (χ0v) is 8.32. The molecule has 17 heavy (non-hydrogen) atoms. The summed E-state index contributed by atoms with van der Waals surface area (Å²) >= 11 is 0. The number of H-pyrrole nitrogens is 1. The van der Waals surface area contributed by atoms with Gasteiger partial charge in [-0.25, -0.2) is 0 Å². The van der Waals surface area contributed by atoms with Gasteiger partial charge in [0.25, 0.3) is 0 Å². The summed E-state index contributed by atoms with van der Waals surface area (Å²) in [6.07, 6.45) is -1.67. The monoisotopic (exact) mass is 241 g/mol. The van der Waals surface area contributed by atoms with Crippen LogP contribution in [0.25, 0.3) is 11.3 Å². The van der Waals surface area contributed by atoms with Crippen LogP contribution in [0.3, 0.4) is 0 Å².